The highest BCUT2D eigenvalue weighted by molar-refractivity contribution is 5.87. The van der Waals surface area contributed by atoms with Crippen molar-refractivity contribution >= 4 is 11.0 Å². The van der Waals surface area contributed by atoms with Crippen LogP contribution in [0.1, 0.15) is 48.6 Å². The summed E-state index contributed by atoms with van der Waals surface area (Å²) in [5, 5.41) is 4.95. The van der Waals surface area contributed by atoms with Crippen LogP contribution in [-0.4, -0.2) is 14.8 Å². The molecule has 0 unspecified atom stereocenters. The molecule has 0 amide bonds. The van der Waals surface area contributed by atoms with Crippen molar-refractivity contribution in [3.63, 3.8) is 0 Å². The van der Waals surface area contributed by atoms with Crippen molar-refractivity contribution in [1.82, 2.24) is 14.8 Å². The van der Waals surface area contributed by atoms with E-state index < -0.39 is 6.43 Å². The second kappa shape index (κ2) is 7.59. The average molecular weight is 409 g/mol. The minimum atomic E-state index is -2.68. The van der Waals surface area contributed by atoms with Gasteiger partial charge in [0.25, 0.3) is 6.43 Å². The molecular formula is C24H22F3N3. The molecule has 0 fully saturated rings. The summed E-state index contributed by atoms with van der Waals surface area (Å²) in [6.45, 7) is 7.79. The Kier molecular flexibility index (Phi) is 5.10. The second-order valence-electron chi connectivity index (χ2n) is 7.82. The number of halogens is 3. The van der Waals surface area contributed by atoms with Gasteiger partial charge >= 0.3 is 0 Å². The van der Waals surface area contributed by atoms with Crippen LogP contribution in [-0.2, 0) is 0 Å². The Morgan fingerprint density at radius 1 is 0.900 bits per heavy atom. The topological polar surface area (TPSA) is 30.7 Å². The van der Waals surface area contributed by atoms with Crippen molar-refractivity contribution in [3.8, 4) is 16.9 Å². The molecule has 0 saturated heterocycles. The number of nitrogens with zero attached hydrogens (tertiary/aromatic N) is 3. The fraction of sp³-hybridized carbons (Fsp3) is 0.250. The van der Waals surface area contributed by atoms with Crippen molar-refractivity contribution in [2.24, 2.45) is 0 Å². The summed E-state index contributed by atoms with van der Waals surface area (Å²) in [5.74, 6) is -0.461. The first-order chi connectivity index (χ1) is 14.3. The molecule has 2 heterocycles. The Labute approximate surface area is 173 Å². The normalized spacial score (nSPS) is 11.8. The van der Waals surface area contributed by atoms with Crippen LogP contribution in [0.15, 0.2) is 48.5 Å². The minimum Gasteiger partial charge on any atom is -0.228 e. The second-order valence-corrected chi connectivity index (χ2v) is 7.82. The molecule has 6 heteroatoms. The van der Waals surface area contributed by atoms with Crippen LogP contribution in [0.4, 0.5) is 13.2 Å². The van der Waals surface area contributed by atoms with Gasteiger partial charge in [-0.05, 0) is 67.3 Å². The molecule has 0 aliphatic carbocycles. The Bertz CT molecular complexity index is 1220. The molecule has 0 radical (unpaired) electrons. The van der Waals surface area contributed by atoms with Crippen molar-refractivity contribution in [2.45, 2.75) is 40.0 Å². The minimum absolute atomic E-state index is 0.0824. The van der Waals surface area contributed by atoms with Gasteiger partial charge in [-0.25, -0.2) is 22.8 Å². The number of rotatable bonds is 4. The van der Waals surface area contributed by atoms with Gasteiger partial charge < -0.3 is 0 Å². The molecule has 0 bridgehead atoms. The maximum Gasteiger partial charge on any atom is 0.264 e. The molecule has 0 N–H and O–H groups in total. The van der Waals surface area contributed by atoms with Crippen molar-refractivity contribution in [2.75, 3.05) is 0 Å². The summed E-state index contributed by atoms with van der Waals surface area (Å²) >= 11 is 0. The van der Waals surface area contributed by atoms with Gasteiger partial charge in [-0.2, -0.15) is 5.10 Å². The maximum absolute atomic E-state index is 14.1. The first-order valence-corrected chi connectivity index (χ1v) is 9.81. The first kappa shape index (κ1) is 20.1. The van der Waals surface area contributed by atoms with Crippen molar-refractivity contribution < 1.29 is 13.2 Å². The molecule has 3 nitrogen and oxygen atoms in total. The van der Waals surface area contributed by atoms with E-state index in [1.165, 1.54) is 22.9 Å². The predicted molar refractivity (Wildman–Crippen MR) is 113 cm³/mol. The van der Waals surface area contributed by atoms with Gasteiger partial charge in [0, 0.05) is 11.1 Å². The summed E-state index contributed by atoms with van der Waals surface area (Å²) < 4.78 is 43.2. The van der Waals surface area contributed by atoms with Crippen LogP contribution < -0.4 is 0 Å². The summed E-state index contributed by atoms with van der Waals surface area (Å²) in [5.41, 5.74) is 4.76. The third kappa shape index (κ3) is 3.47. The average Bonchev–Trinajstić information content (AvgIpc) is 3.09. The van der Waals surface area contributed by atoms with Crippen LogP contribution in [0, 0.1) is 19.7 Å². The summed E-state index contributed by atoms with van der Waals surface area (Å²) in [6.07, 6.45) is -2.68. The number of pyridine rings is 1. The molecule has 0 aliphatic heterocycles. The van der Waals surface area contributed by atoms with Gasteiger partial charge in [-0.1, -0.05) is 26.0 Å². The lowest BCUT2D eigenvalue weighted by Gasteiger charge is -2.11. The molecule has 2 aromatic heterocycles. The largest absolute Gasteiger partial charge is 0.264 e. The smallest absolute Gasteiger partial charge is 0.228 e. The van der Waals surface area contributed by atoms with Gasteiger partial charge in [0.05, 0.1) is 22.5 Å². The summed E-state index contributed by atoms with van der Waals surface area (Å²) in [7, 11) is 0. The molecular weight excluding hydrogens is 387 g/mol. The Balaban J connectivity index is 2.06. The Morgan fingerprint density at radius 3 is 2.20 bits per heavy atom. The number of fused-ring (bicyclic) bond motifs is 1. The highest BCUT2D eigenvalue weighted by Gasteiger charge is 2.24. The standard InChI is InChI=1S/C24H22F3N3/c1-13(2)22-21-19(23(26)27)12-20(16-6-5-14(3)15(4)11-16)28-24(21)30(29-22)18-9-7-17(25)8-10-18/h5-13,23H,1-4H3. The third-order valence-electron chi connectivity index (χ3n) is 5.35. The monoisotopic (exact) mass is 409 g/mol. The van der Waals surface area contributed by atoms with Gasteiger partial charge in [-0.15, -0.1) is 0 Å². The summed E-state index contributed by atoms with van der Waals surface area (Å²) in [4.78, 5) is 4.73. The number of aryl methyl sites for hydroxylation is 2. The van der Waals surface area contributed by atoms with Crippen LogP contribution in [0.5, 0.6) is 0 Å². The molecule has 4 rings (SSSR count). The van der Waals surface area contributed by atoms with E-state index in [0.717, 1.165) is 16.7 Å². The Morgan fingerprint density at radius 2 is 1.60 bits per heavy atom. The number of aromatic nitrogens is 3. The zero-order chi connectivity index (χ0) is 21.6. The molecule has 2 aromatic carbocycles. The van der Waals surface area contributed by atoms with E-state index in [1.54, 1.807) is 12.1 Å². The van der Waals surface area contributed by atoms with Gasteiger partial charge in [-0.3, -0.25) is 0 Å². The van der Waals surface area contributed by atoms with Crippen molar-refractivity contribution in [3.05, 3.63) is 76.7 Å². The molecule has 0 atom stereocenters. The fourth-order valence-electron chi connectivity index (χ4n) is 3.56. The quantitative estimate of drug-likeness (QED) is 0.367. The van der Waals surface area contributed by atoms with Crippen molar-refractivity contribution in [1.29, 1.82) is 0 Å². The summed E-state index contributed by atoms with van der Waals surface area (Å²) in [6, 6.07) is 13.0. The Hall–Kier alpha value is -3.15. The van der Waals surface area contributed by atoms with E-state index in [1.807, 2.05) is 45.9 Å². The zero-order valence-corrected chi connectivity index (χ0v) is 17.2. The number of benzene rings is 2. The van der Waals surface area contributed by atoms with Crippen LogP contribution in [0.2, 0.25) is 0 Å². The highest BCUT2D eigenvalue weighted by Crippen LogP contribution is 2.36. The SMILES string of the molecule is Cc1ccc(-c2cc(C(F)F)c3c(C(C)C)nn(-c4ccc(F)cc4)c3n2)cc1C. The molecule has 0 aliphatic rings. The van der Waals surface area contributed by atoms with Crippen LogP contribution in [0.3, 0.4) is 0 Å². The van der Waals surface area contributed by atoms with E-state index >= 15 is 0 Å². The lowest BCUT2D eigenvalue weighted by atomic mass is 9.99. The van der Waals surface area contributed by atoms with E-state index in [2.05, 4.69) is 5.10 Å². The van der Waals surface area contributed by atoms with E-state index in [4.69, 9.17) is 4.98 Å². The van der Waals surface area contributed by atoms with Gasteiger partial charge in [0.15, 0.2) is 5.65 Å². The number of hydrogen-bond donors (Lipinski definition) is 0. The van der Waals surface area contributed by atoms with Gasteiger partial charge in [0.1, 0.15) is 5.82 Å². The third-order valence-corrected chi connectivity index (χ3v) is 5.35. The fourth-order valence-corrected chi connectivity index (χ4v) is 3.56. The molecule has 30 heavy (non-hydrogen) atoms. The molecule has 4 aromatic rings. The van der Waals surface area contributed by atoms with Crippen LogP contribution in [0.25, 0.3) is 28.0 Å². The van der Waals surface area contributed by atoms with Gasteiger partial charge in [0.2, 0.25) is 0 Å². The lowest BCUT2D eigenvalue weighted by Crippen LogP contribution is -2.00. The van der Waals surface area contributed by atoms with E-state index in [0.29, 0.717) is 28.1 Å². The number of hydrogen-bond acceptors (Lipinski definition) is 2. The zero-order valence-electron chi connectivity index (χ0n) is 17.2. The van der Waals surface area contributed by atoms with E-state index in [-0.39, 0.29) is 17.3 Å². The predicted octanol–water partition coefficient (Wildman–Crippen LogP) is 6.90. The molecule has 0 saturated carbocycles. The van der Waals surface area contributed by atoms with E-state index in [9.17, 15) is 13.2 Å². The molecule has 0 spiro atoms. The highest BCUT2D eigenvalue weighted by atomic mass is 19.3. The lowest BCUT2D eigenvalue weighted by molar-refractivity contribution is 0.153. The maximum atomic E-state index is 14.1. The van der Waals surface area contributed by atoms with Crippen LogP contribution >= 0.6 is 0 Å². The molecule has 154 valence electrons. The first-order valence-electron chi connectivity index (χ1n) is 9.81. The number of alkyl halides is 2.